The number of nitrogens with one attached hydrogen (secondary N) is 1. The van der Waals surface area contributed by atoms with Crippen LogP contribution >= 0.6 is 10.9 Å². The molecule has 5 atom stereocenters. The van der Waals surface area contributed by atoms with Gasteiger partial charge in [-0.2, -0.15) is 0 Å². The first-order chi connectivity index (χ1) is 15.8. The molecule has 2 aromatic rings. The van der Waals surface area contributed by atoms with Crippen molar-refractivity contribution in [1.29, 1.82) is 0 Å². The first-order valence-electron chi connectivity index (χ1n) is 12.0. The molecule has 33 heavy (non-hydrogen) atoms. The van der Waals surface area contributed by atoms with Crippen LogP contribution in [0.1, 0.15) is 59.3 Å². The van der Waals surface area contributed by atoms with E-state index in [0.717, 1.165) is 37.8 Å². The van der Waals surface area contributed by atoms with Crippen LogP contribution in [-0.4, -0.2) is 58.1 Å². The fourth-order valence-corrected chi connectivity index (χ4v) is 6.96. The number of benzene rings is 2. The van der Waals surface area contributed by atoms with Crippen LogP contribution in [0.4, 0.5) is 0 Å². The van der Waals surface area contributed by atoms with Crippen LogP contribution in [0.2, 0.25) is 0 Å². The fraction of sp³-hybridized carbons (Fsp3) is 0.519. The molecule has 1 aliphatic heterocycles. The van der Waals surface area contributed by atoms with Crippen LogP contribution in [-0.2, 0) is 17.6 Å². The molecule has 0 aliphatic carbocycles. The molecule has 0 saturated carbocycles. The summed E-state index contributed by atoms with van der Waals surface area (Å²) in [5, 5.41) is 33.6. The molecule has 0 radical (unpaired) electrons. The van der Waals surface area contributed by atoms with Gasteiger partial charge in [-0.15, -0.1) is 0 Å². The molecule has 1 amide bonds. The average molecular weight is 474 g/mol. The van der Waals surface area contributed by atoms with Crippen LogP contribution in [0.25, 0.3) is 0 Å². The second kappa shape index (κ2) is 12.0. The molecule has 5 nitrogen and oxygen atoms in total. The maximum Gasteiger partial charge on any atom is 0.219 e. The Hall–Kier alpha value is -1.86. The van der Waals surface area contributed by atoms with Gasteiger partial charge in [0.25, 0.3) is 0 Å². The highest BCUT2D eigenvalue weighted by molar-refractivity contribution is 8.16. The summed E-state index contributed by atoms with van der Waals surface area (Å²) in [6.07, 6.45) is 3.62. The summed E-state index contributed by atoms with van der Waals surface area (Å²) in [4.78, 5) is 11.3. The summed E-state index contributed by atoms with van der Waals surface area (Å²) in [6.45, 7) is 4.71. The summed E-state index contributed by atoms with van der Waals surface area (Å²) in [7, 11) is -0.619. The topological polar surface area (TPSA) is 89.8 Å². The van der Waals surface area contributed by atoms with E-state index in [1.807, 2.05) is 6.92 Å². The van der Waals surface area contributed by atoms with Gasteiger partial charge in [-0.05, 0) is 66.7 Å². The van der Waals surface area contributed by atoms with Crippen LogP contribution in [0.5, 0.6) is 0 Å². The van der Waals surface area contributed by atoms with Crippen molar-refractivity contribution in [1.82, 2.24) is 5.32 Å². The van der Waals surface area contributed by atoms with Crippen molar-refractivity contribution in [2.75, 3.05) is 18.6 Å². The second-order valence-corrected chi connectivity index (χ2v) is 11.7. The highest BCUT2D eigenvalue weighted by Crippen LogP contribution is 2.48. The Bertz CT molecular complexity index is 917. The lowest BCUT2D eigenvalue weighted by Crippen LogP contribution is -2.47. The summed E-state index contributed by atoms with van der Waals surface area (Å²) in [5.41, 5.74) is 6.04. The molecule has 1 fully saturated rings. The van der Waals surface area contributed by atoms with Crippen LogP contribution in [0, 0.1) is 6.92 Å². The van der Waals surface area contributed by atoms with Gasteiger partial charge < -0.3 is 20.6 Å². The standard InChI is InChI=1S/C27H39NO4S/c1-4-24(30)28-14-6-5-7-19-9-11-20(12-10-19)15-22-16-21(13-8-18(22)2)27-26(32)25(31)23(29)17-33(27)3/h8-13,16,23,25-27,29,31-33H,4-7,14-15,17H2,1-3H3,(H,28,30)/t23-,25-,26-,27+/m1/s1. The third-order valence-corrected chi connectivity index (χ3v) is 9.19. The molecule has 0 spiro atoms. The third-order valence-electron chi connectivity index (χ3n) is 6.69. The minimum atomic E-state index is -1.09. The molecule has 182 valence electrons. The molecule has 1 aliphatic rings. The van der Waals surface area contributed by atoms with Gasteiger partial charge in [-0.25, -0.2) is 10.9 Å². The number of unbranched alkanes of at least 4 members (excludes halogenated alkanes) is 1. The van der Waals surface area contributed by atoms with Crippen molar-refractivity contribution in [3.05, 3.63) is 70.3 Å². The maximum absolute atomic E-state index is 11.3. The Morgan fingerprint density at radius 3 is 2.42 bits per heavy atom. The van der Waals surface area contributed by atoms with Crippen molar-refractivity contribution in [2.45, 2.75) is 69.5 Å². The van der Waals surface area contributed by atoms with Crippen molar-refractivity contribution in [3.63, 3.8) is 0 Å². The zero-order valence-corrected chi connectivity index (χ0v) is 20.9. The maximum atomic E-state index is 11.3. The van der Waals surface area contributed by atoms with Gasteiger partial charge >= 0.3 is 0 Å². The Morgan fingerprint density at radius 2 is 1.73 bits per heavy atom. The number of aliphatic hydroxyl groups is 3. The van der Waals surface area contributed by atoms with Crippen molar-refractivity contribution < 1.29 is 20.1 Å². The highest BCUT2D eigenvalue weighted by atomic mass is 32.2. The number of rotatable bonds is 9. The molecule has 3 rings (SSSR count). The number of hydrogen-bond donors (Lipinski definition) is 5. The number of amides is 1. The van der Waals surface area contributed by atoms with E-state index in [0.29, 0.717) is 12.2 Å². The van der Waals surface area contributed by atoms with E-state index in [-0.39, 0.29) is 11.2 Å². The molecular weight excluding hydrogens is 434 g/mol. The number of aryl methyl sites for hydroxylation is 2. The summed E-state index contributed by atoms with van der Waals surface area (Å²) >= 11 is 0. The van der Waals surface area contributed by atoms with Gasteiger partial charge in [-0.1, -0.05) is 49.4 Å². The minimum absolute atomic E-state index is 0.112. The summed E-state index contributed by atoms with van der Waals surface area (Å²) in [6, 6.07) is 15.1. The Kier molecular flexibility index (Phi) is 9.38. The van der Waals surface area contributed by atoms with Gasteiger partial charge in [0.2, 0.25) is 5.91 Å². The number of thiol groups is 1. The third kappa shape index (κ3) is 6.82. The fourth-order valence-electron chi connectivity index (χ4n) is 4.56. The largest absolute Gasteiger partial charge is 0.390 e. The van der Waals surface area contributed by atoms with Gasteiger partial charge in [0.05, 0.1) is 12.2 Å². The van der Waals surface area contributed by atoms with Gasteiger partial charge in [-0.3, -0.25) is 4.79 Å². The van der Waals surface area contributed by atoms with Crippen molar-refractivity contribution in [3.8, 4) is 0 Å². The molecule has 0 bridgehead atoms. The lowest BCUT2D eigenvalue weighted by atomic mass is 9.93. The van der Waals surface area contributed by atoms with Gasteiger partial charge in [0.1, 0.15) is 6.10 Å². The minimum Gasteiger partial charge on any atom is -0.390 e. The average Bonchev–Trinajstić information content (AvgIpc) is 2.80. The molecule has 1 unspecified atom stereocenters. The predicted molar refractivity (Wildman–Crippen MR) is 137 cm³/mol. The Morgan fingerprint density at radius 1 is 1.03 bits per heavy atom. The SMILES string of the molecule is CCC(=O)NCCCCc1ccc(Cc2cc([C@H]3[C@H](O)[C@H](O)[C@H](O)C[SH]3C)ccc2C)cc1. The predicted octanol–water partition coefficient (Wildman–Crippen LogP) is 3.20. The quantitative estimate of drug-likeness (QED) is 0.286. The van der Waals surface area contributed by atoms with Crippen molar-refractivity contribution >= 4 is 16.8 Å². The zero-order chi connectivity index (χ0) is 24.0. The first kappa shape index (κ1) is 25.8. The lowest BCUT2D eigenvalue weighted by molar-refractivity contribution is -0.120. The lowest BCUT2D eigenvalue weighted by Gasteiger charge is -2.42. The van der Waals surface area contributed by atoms with Gasteiger partial charge in [0.15, 0.2) is 0 Å². The van der Waals surface area contributed by atoms with E-state index in [2.05, 4.69) is 61.0 Å². The van der Waals surface area contributed by atoms with Crippen LogP contribution < -0.4 is 5.32 Å². The molecular formula is C27H39NO4S. The van der Waals surface area contributed by atoms with Gasteiger partial charge in [0, 0.05) is 24.0 Å². The van der Waals surface area contributed by atoms with E-state index in [1.165, 1.54) is 22.3 Å². The number of aliphatic hydroxyl groups excluding tert-OH is 3. The summed E-state index contributed by atoms with van der Waals surface area (Å²) < 4.78 is 0. The number of carbonyl (C=O) groups excluding carboxylic acids is 1. The molecule has 1 saturated heterocycles. The Balaban J connectivity index is 1.61. The van der Waals surface area contributed by atoms with E-state index in [4.69, 9.17) is 0 Å². The van der Waals surface area contributed by atoms with E-state index in [1.54, 1.807) is 0 Å². The molecule has 4 N–H and O–H groups in total. The van der Waals surface area contributed by atoms with E-state index < -0.39 is 29.2 Å². The molecule has 6 heteroatoms. The van der Waals surface area contributed by atoms with E-state index in [9.17, 15) is 20.1 Å². The van der Waals surface area contributed by atoms with E-state index >= 15 is 0 Å². The molecule has 0 aromatic heterocycles. The van der Waals surface area contributed by atoms with Crippen LogP contribution in [0.3, 0.4) is 0 Å². The molecule has 1 heterocycles. The smallest absolute Gasteiger partial charge is 0.219 e. The summed E-state index contributed by atoms with van der Waals surface area (Å²) in [5.74, 6) is 0.662. The Labute approximate surface area is 200 Å². The molecule has 2 aromatic carbocycles. The second-order valence-electron chi connectivity index (χ2n) is 9.27. The monoisotopic (exact) mass is 473 g/mol. The zero-order valence-electron chi connectivity index (χ0n) is 20.0. The van der Waals surface area contributed by atoms with Crippen molar-refractivity contribution in [2.24, 2.45) is 0 Å². The number of carbonyl (C=O) groups is 1. The number of hydrogen-bond acceptors (Lipinski definition) is 4. The first-order valence-corrected chi connectivity index (χ1v) is 14.0. The van der Waals surface area contributed by atoms with Crippen LogP contribution in [0.15, 0.2) is 42.5 Å². The normalized spacial score (nSPS) is 26.2. The highest BCUT2D eigenvalue weighted by Gasteiger charge is 2.40.